The van der Waals surface area contributed by atoms with Crippen molar-refractivity contribution in [3.8, 4) is 11.1 Å². The maximum Gasteiger partial charge on any atom is 0.228 e. The fourth-order valence-electron chi connectivity index (χ4n) is 4.28. The summed E-state index contributed by atoms with van der Waals surface area (Å²) >= 11 is 12.7. The van der Waals surface area contributed by atoms with Crippen LogP contribution in [0.15, 0.2) is 60.9 Å². The number of hydrogen-bond donors (Lipinski definition) is 1. The fourth-order valence-corrected chi connectivity index (χ4v) is 4.80. The standard InChI is InChI=1S/C26H28Cl2N4O/c1-26(2,3)25(33)31-12-13-32(23-9-8-19(27)14-21(23)28)24(16-31)18-6-4-17(5-7-18)20-10-11-30-15-22(20)29/h4-11,14-15,24H,12-13,16,29H2,1-3H3/t24-/m0/s1. The molecule has 0 bridgehead atoms. The number of hydrogen-bond acceptors (Lipinski definition) is 4. The van der Waals surface area contributed by atoms with Gasteiger partial charge in [0.25, 0.3) is 0 Å². The third-order valence-corrected chi connectivity index (χ3v) is 6.52. The Morgan fingerprint density at radius 1 is 1.06 bits per heavy atom. The van der Waals surface area contributed by atoms with E-state index in [0.717, 1.165) is 22.4 Å². The zero-order valence-electron chi connectivity index (χ0n) is 19.1. The van der Waals surface area contributed by atoms with Gasteiger partial charge in [-0.25, -0.2) is 0 Å². The number of halogens is 2. The number of benzene rings is 2. The first-order valence-corrected chi connectivity index (χ1v) is 11.7. The first kappa shape index (κ1) is 23.4. The molecule has 1 aliphatic heterocycles. The molecule has 0 aliphatic carbocycles. The second kappa shape index (κ2) is 9.24. The summed E-state index contributed by atoms with van der Waals surface area (Å²) in [5.74, 6) is 0.149. The minimum absolute atomic E-state index is 0.0486. The normalized spacial score (nSPS) is 16.7. The van der Waals surface area contributed by atoms with Crippen LogP contribution in [0.3, 0.4) is 0 Å². The van der Waals surface area contributed by atoms with Gasteiger partial charge < -0.3 is 15.5 Å². The molecule has 1 amide bonds. The topological polar surface area (TPSA) is 62.5 Å². The summed E-state index contributed by atoms with van der Waals surface area (Å²) in [6.45, 7) is 7.76. The van der Waals surface area contributed by atoms with E-state index >= 15 is 0 Å². The summed E-state index contributed by atoms with van der Waals surface area (Å²) < 4.78 is 0. The van der Waals surface area contributed by atoms with Crippen LogP contribution in [0.25, 0.3) is 11.1 Å². The molecule has 2 aromatic carbocycles. The number of anilines is 2. The quantitative estimate of drug-likeness (QED) is 0.491. The zero-order valence-corrected chi connectivity index (χ0v) is 20.6. The number of nitrogens with zero attached hydrogens (tertiary/aromatic N) is 3. The highest BCUT2D eigenvalue weighted by Gasteiger charge is 2.35. The predicted molar refractivity (Wildman–Crippen MR) is 137 cm³/mol. The molecule has 0 radical (unpaired) electrons. The molecule has 7 heteroatoms. The molecule has 172 valence electrons. The van der Waals surface area contributed by atoms with E-state index in [2.05, 4.69) is 34.1 Å². The molecule has 33 heavy (non-hydrogen) atoms. The molecule has 0 unspecified atom stereocenters. The second-order valence-electron chi connectivity index (χ2n) is 9.39. The number of piperazine rings is 1. The highest BCUT2D eigenvalue weighted by atomic mass is 35.5. The summed E-state index contributed by atoms with van der Waals surface area (Å²) in [4.78, 5) is 21.4. The van der Waals surface area contributed by atoms with E-state index in [1.807, 2.05) is 43.9 Å². The van der Waals surface area contributed by atoms with Gasteiger partial charge in [0.05, 0.1) is 28.6 Å². The van der Waals surface area contributed by atoms with E-state index in [4.69, 9.17) is 28.9 Å². The van der Waals surface area contributed by atoms with Crippen molar-refractivity contribution in [3.63, 3.8) is 0 Å². The van der Waals surface area contributed by atoms with Crippen molar-refractivity contribution in [1.82, 2.24) is 9.88 Å². The second-order valence-corrected chi connectivity index (χ2v) is 10.2. The van der Waals surface area contributed by atoms with Crippen molar-refractivity contribution in [3.05, 3.63) is 76.5 Å². The Bertz CT molecular complexity index is 1160. The van der Waals surface area contributed by atoms with E-state index in [1.54, 1.807) is 18.5 Å². The number of nitrogen functional groups attached to an aromatic ring is 1. The lowest BCUT2D eigenvalue weighted by molar-refractivity contribution is -0.140. The van der Waals surface area contributed by atoms with Crippen LogP contribution < -0.4 is 10.6 Å². The lowest BCUT2D eigenvalue weighted by Gasteiger charge is -2.45. The van der Waals surface area contributed by atoms with Gasteiger partial charge in [-0.05, 0) is 35.4 Å². The Kier molecular flexibility index (Phi) is 6.55. The van der Waals surface area contributed by atoms with Crippen LogP contribution in [0.5, 0.6) is 0 Å². The van der Waals surface area contributed by atoms with Gasteiger partial charge in [-0.2, -0.15) is 0 Å². The molecule has 3 aromatic rings. The summed E-state index contributed by atoms with van der Waals surface area (Å²) in [5, 5.41) is 1.20. The number of carbonyl (C=O) groups is 1. The lowest BCUT2D eigenvalue weighted by Crippen LogP contribution is -2.53. The van der Waals surface area contributed by atoms with E-state index in [0.29, 0.717) is 35.4 Å². The van der Waals surface area contributed by atoms with Gasteiger partial charge >= 0.3 is 0 Å². The van der Waals surface area contributed by atoms with Gasteiger partial charge in [0.2, 0.25) is 5.91 Å². The van der Waals surface area contributed by atoms with Crippen molar-refractivity contribution >= 4 is 40.5 Å². The van der Waals surface area contributed by atoms with E-state index in [-0.39, 0.29) is 11.9 Å². The Morgan fingerprint density at radius 2 is 1.79 bits per heavy atom. The van der Waals surface area contributed by atoms with Crippen molar-refractivity contribution < 1.29 is 4.79 Å². The first-order valence-electron chi connectivity index (χ1n) is 11.0. The summed E-state index contributed by atoms with van der Waals surface area (Å²) in [6.07, 6.45) is 3.39. The van der Waals surface area contributed by atoms with Crippen LogP contribution in [0, 0.1) is 5.41 Å². The van der Waals surface area contributed by atoms with Crippen LogP contribution in [0.4, 0.5) is 11.4 Å². The molecule has 1 fully saturated rings. The Labute approximate surface area is 205 Å². The smallest absolute Gasteiger partial charge is 0.228 e. The first-order chi connectivity index (χ1) is 15.6. The van der Waals surface area contributed by atoms with Gasteiger partial charge in [0.1, 0.15) is 0 Å². The Morgan fingerprint density at radius 3 is 2.42 bits per heavy atom. The fraction of sp³-hybridized carbons (Fsp3) is 0.308. The highest BCUT2D eigenvalue weighted by molar-refractivity contribution is 6.36. The largest absolute Gasteiger partial charge is 0.397 e. The van der Waals surface area contributed by atoms with Crippen molar-refractivity contribution in [2.75, 3.05) is 30.3 Å². The molecule has 5 nitrogen and oxygen atoms in total. The monoisotopic (exact) mass is 482 g/mol. The number of rotatable bonds is 3. The third-order valence-electron chi connectivity index (χ3n) is 5.99. The number of aromatic nitrogens is 1. The molecule has 2 N–H and O–H groups in total. The number of carbonyl (C=O) groups excluding carboxylic acids is 1. The maximum absolute atomic E-state index is 13.1. The molecule has 0 spiro atoms. The van der Waals surface area contributed by atoms with Crippen LogP contribution in [0.1, 0.15) is 32.4 Å². The van der Waals surface area contributed by atoms with E-state index in [9.17, 15) is 4.79 Å². The number of pyridine rings is 1. The molecule has 2 heterocycles. The molecule has 4 rings (SSSR count). The van der Waals surface area contributed by atoms with Gasteiger partial charge in [-0.15, -0.1) is 0 Å². The van der Waals surface area contributed by atoms with Crippen molar-refractivity contribution in [2.24, 2.45) is 5.41 Å². The molecule has 0 saturated carbocycles. The van der Waals surface area contributed by atoms with E-state index < -0.39 is 5.41 Å². The lowest BCUT2D eigenvalue weighted by atomic mass is 9.92. The zero-order chi connectivity index (χ0) is 23.8. The van der Waals surface area contributed by atoms with Crippen LogP contribution in [-0.4, -0.2) is 35.4 Å². The molecule has 1 aromatic heterocycles. The number of amides is 1. The summed E-state index contributed by atoms with van der Waals surface area (Å²) in [7, 11) is 0. The van der Waals surface area contributed by atoms with Gasteiger partial charge in [0, 0.05) is 41.8 Å². The molecular weight excluding hydrogens is 455 g/mol. The molecule has 1 aliphatic rings. The van der Waals surface area contributed by atoms with E-state index in [1.165, 1.54) is 0 Å². The average molecular weight is 483 g/mol. The van der Waals surface area contributed by atoms with Crippen LogP contribution in [-0.2, 0) is 4.79 Å². The maximum atomic E-state index is 13.1. The molecule has 1 saturated heterocycles. The number of nitrogens with two attached hydrogens (primary N) is 1. The third kappa shape index (κ3) is 4.94. The highest BCUT2D eigenvalue weighted by Crippen LogP contribution is 2.38. The molecule has 1 atom stereocenters. The minimum Gasteiger partial charge on any atom is -0.397 e. The Hall–Kier alpha value is -2.76. The summed E-state index contributed by atoms with van der Waals surface area (Å²) in [5.41, 5.74) is 10.3. The van der Waals surface area contributed by atoms with Crippen LogP contribution in [0.2, 0.25) is 10.0 Å². The van der Waals surface area contributed by atoms with Gasteiger partial charge in [0.15, 0.2) is 0 Å². The predicted octanol–water partition coefficient (Wildman–Crippen LogP) is 6.07. The summed E-state index contributed by atoms with van der Waals surface area (Å²) in [6, 6.07) is 15.7. The van der Waals surface area contributed by atoms with Crippen molar-refractivity contribution in [2.45, 2.75) is 26.8 Å². The minimum atomic E-state index is -0.437. The van der Waals surface area contributed by atoms with Gasteiger partial charge in [-0.3, -0.25) is 9.78 Å². The van der Waals surface area contributed by atoms with Gasteiger partial charge in [-0.1, -0.05) is 68.2 Å². The average Bonchev–Trinajstić information content (AvgIpc) is 2.78. The Balaban J connectivity index is 1.70. The SMILES string of the molecule is CC(C)(C)C(=O)N1CCN(c2ccc(Cl)cc2Cl)[C@H](c2ccc(-c3ccncc3N)cc2)C1. The van der Waals surface area contributed by atoms with Crippen molar-refractivity contribution in [1.29, 1.82) is 0 Å². The molecular formula is C26H28Cl2N4O. The van der Waals surface area contributed by atoms with Crippen LogP contribution >= 0.6 is 23.2 Å².